The number of benzene rings is 4. The number of nitrogens with zero attached hydrogens (tertiary/aromatic N) is 1. The highest BCUT2D eigenvalue weighted by Gasteiger charge is 2.13. The lowest BCUT2D eigenvalue weighted by Gasteiger charge is -2.11. The van der Waals surface area contributed by atoms with Crippen molar-refractivity contribution in [2.45, 2.75) is 6.61 Å². The summed E-state index contributed by atoms with van der Waals surface area (Å²) in [5, 5.41) is 6.43. The summed E-state index contributed by atoms with van der Waals surface area (Å²) in [5.74, 6) is 0.634. The number of hydrogen-bond acceptors (Lipinski definition) is 4. The Morgan fingerprint density at radius 2 is 1.74 bits per heavy atom. The zero-order chi connectivity index (χ0) is 24.1. The zero-order valence-electron chi connectivity index (χ0n) is 18.0. The molecule has 1 amide bonds. The number of hydrazone groups is 1. The minimum absolute atomic E-state index is 0.376. The van der Waals surface area contributed by atoms with Crippen molar-refractivity contribution in [3.8, 4) is 11.5 Å². The normalized spacial score (nSPS) is 11.1. The van der Waals surface area contributed by atoms with Gasteiger partial charge in [0.15, 0.2) is 5.75 Å². The van der Waals surface area contributed by atoms with Crippen LogP contribution in [0.4, 0.5) is 0 Å². The Labute approximate surface area is 219 Å². The van der Waals surface area contributed by atoms with Gasteiger partial charge in [0, 0.05) is 4.47 Å². The van der Waals surface area contributed by atoms with Crippen LogP contribution < -0.4 is 14.9 Å². The molecule has 0 fully saturated rings. The third-order valence-electron chi connectivity index (χ3n) is 5.01. The van der Waals surface area contributed by atoms with E-state index >= 15 is 0 Å². The van der Waals surface area contributed by atoms with Crippen molar-refractivity contribution in [1.82, 2.24) is 5.43 Å². The SMILES string of the molecule is COc1cc2ccccc2cc1C(=O)N/N=C\c1cc(Cl)c(OCc2ccc(Br)cc2)c(Br)c1. The van der Waals surface area contributed by atoms with E-state index in [-0.39, 0.29) is 5.91 Å². The lowest BCUT2D eigenvalue weighted by atomic mass is 10.1. The van der Waals surface area contributed by atoms with E-state index in [1.165, 1.54) is 13.3 Å². The van der Waals surface area contributed by atoms with Gasteiger partial charge < -0.3 is 9.47 Å². The first-order valence-corrected chi connectivity index (χ1v) is 12.2. The fourth-order valence-corrected chi connectivity index (χ4v) is 4.57. The summed E-state index contributed by atoms with van der Waals surface area (Å²) in [5.41, 5.74) is 4.66. The first kappa shape index (κ1) is 24.3. The lowest BCUT2D eigenvalue weighted by molar-refractivity contribution is 0.0952. The Kier molecular flexibility index (Phi) is 7.88. The number of amides is 1. The molecule has 0 aliphatic rings. The predicted octanol–water partition coefficient (Wildman–Crippen LogP) is 7.37. The molecule has 0 saturated heterocycles. The first-order valence-electron chi connectivity index (χ1n) is 10.2. The van der Waals surface area contributed by atoms with Gasteiger partial charge in [0.25, 0.3) is 5.91 Å². The molecule has 0 unspecified atom stereocenters. The van der Waals surface area contributed by atoms with Gasteiger partial charge in [-0.3, -0.25) is 4.79 Å². The zero-order valence-corrected chi connectivity index (χ0v) is 21.9. The van der Waals surface area contributed by atoms with Gasteiger partial charge in [0.05, 0.1) is 28.4 Å². The summed E-state index contributed by atoms with van der Waals surface area (Å²) in [6.07, 6.45) is 1.51. The van der Waals surface area contributed by atoms with E-state index in [2.05, 4.69) is 42.4 Å². The molecule has 0 aliphatic heterocycles. The minimum atomic E-state index is -0.376. The van der Waals surface area contributed by atoms with Crippen LogP contribution >= 0.6 is 43.5 Å². The summed E-state index contributed by atoms with van der Waals surface area (Å²) in [4.78, 5) is 12.7. The van der Waals surface area contributed by atoms with Gasteiger partial charge in [0.1, 0.15) is 12.4 Å². The molecule has 4 aromatic carbocycles. The maximum absolute atomic E-state index is 12.7. The summed E-state index contributed by atoms with van der Waals surface area (Å²) in [6.45, 7) is 0.378. The van der Waals surface area contributed by atoms with E-state index in [0.717, 1.165) is 20.8 Å². The Bertz CT molecular complexity index is 1350. The monoisotopic (exact) mass is 600 g/mol. The molecule has 4 aromatic rings. The van der Waals surface area contributed by atoms with Gasteiger partial charge >= 0.3 is 0 Å². The molecule has 0 heterocycles. The molecule has 0 bridgehead atoms. The van der Waals surface area contributed by atoms with Crippen molar-refractivity contribution >= 4 is 66.4 Å². The Balaban J connectivity index is 1.45. The number of halogens is 3. The topological polar surface area (TPSA) is 59.9 Å². The average molecular weight is 603 g/mol. The third-order valence-corrected chi connectivity index (χ3v) is 6.41. The molecule has 0 aromatic heterocycles. The summed E-state index contributed by atoms with van der Waals surface area (Å²) in [7, 11) is 1.53. The van der Waals surface area contributed by atoms with Crippen LogP contribution in [0.25, 0.3) is 10.8 Å². The molecule has 0 radical (unpaired) electrons. The van der Waals surface area contributed by atoms with E-state index in [4.69, 9.17) is 21.1 Å². The molecule has 172 valence electrons. The van der Waals surface area contributed by atoms with Crippen molar-refractivity contribution in [1.29, 1.82) is 0 Å². The van der Waals surface area contributed by atoms with Crippen molar-refractivity contribution in [3.05, 3.63) is 103 Å². The summed E-state index contributed by atoms with van der Waals surface area (Å²) < 4.78 is 13.0. The van der Waals surface area contributed by atoms with Gasteiger partial charge in [-0.25, -0.2) is 5.43 Å². The first-order chi connectivity index (χ1) is 16.4. The molecule has 1 N–H and O–H groups in total. The molecular formula is C26H19Br2ClN2O3. The second-order valence-electron chi connectivity index (χ2n) is 7.33. The van der Waals surface area contributed by atoms with Crippen molar-refractivity contribution in [3.63, 3.8) is 0 Å². The predicted molar refractivity (Wildman–Crippen MR) is 143 cm³/mol. The van der Waals surface area contributed by atoms with Crippen LogP contribution in [0.1, 0.15) is 21.5 Å². The van der Waals surface area contributed by atoms with E-state index in [1.807, 2.05) is 60.7 Å². The van der Waals surface area contributed by atoms with Crippen molar-refractivity contribution in [2.75, 3.05) is 7.11 Å². The number of methoxy groups -OCH3 is 1. The van der Waals surface area contributed by atoms with Gasteiger partial charge in [-0.1, -0.05) is 63.9 Å². The molecule has 4 rings (SSSR count). The minimum Gasteiger partial charge on any atom is -0.496 e. The van der Waals surface area contributed by atoms with Gasteiger partial charge in [-0.15, -0.1) is 0 Å². The van der Waals surface area contributed by atoms with Crippen LogP contribution in [-0.4, -0.2) is 19.2 Å². The van der Waals surface area contributed by atoms with Crippen LogP contribution in [-0.2, 0) is 6.61 Å². The fraction of sp³-hybridized carbons (Fsp3) is 0.0769. The number of fused-ring (bicyclic) bond motifs is 1. The number of carbonyl (C=O) groups excluding carboxylic acids is 1. The molecule has 8 heteroatoms. The average Bonchev–Trinajstić information content (AvgIpc) is 2.83. The largest absolute Gasteiger partial charge is 0.496 e. The highest BCUT2D eigenvalue weighted by molar-refractivity contribution is 9.10. The number of nitrogens with one attached hydrogen (secondary N) is 1. The number of rotatable bonds is 7. The van der Waals surface area contributed by atoms with Gasteiger partial charge in [0.2, 0.25) is 0 Å². The molecule has 0 spiro atoms. The fourth-order valence-electron chi connectivity index (χ4n) is 3.32. The molecule has 0 saturated carbocycles. The van der Waals surface area contributed by atoms with Crippen LogP contribution in [0.2, 0.25) is 5.02 Å². The number of hydrogen-bond donors (Lipinski definition) is 1. The highest BCUT2D eigenvalue weighted by Crippen LogP contribution is 2.35. The van der Waals surface area contributed by atoms with Crippen LogP contribution in [0.5, 0.6) is 11.5 Å². The highest BCUT2D eigenvalue weighted by atomic mass is 79.9. The van der Waals surface area contributed by atoms with E-state index < -0.39 is 0 Å². The number of ether oxygens (including phenoxy) is 2. The van der Waals surface area contributed by atoms with E-state index in [0.29, 0.717) is 38.7 Å². The standard InChI is InChI=1S/C26H19Br2ClN2O3/c1-33-24-13-19-5-3-2-4-18(19)12-21(24)26(32)31-30-14-17-10-22(28)25(23(29)11-17)34-15-16-6-8-20(27)9-7-16/h2-14H,15H2,1H3,(H,31,32)/b30-14-. The maximum atomic E-state index is 12.7. The number of carbonyl (C=O) groups is 1. The second kappa shape index (κ2) is 11.0. The lowest BCUT2D eigenvalue weighted by Crippen LogP contribution is -2.18. The van der Waals surface area contributed by atoms with Crippen LogP contribution in [0.15, 0.2) is 86.8 Å². The summed E-state index contributed by atoms with van der Waals surface area (Å²) >= 11 is 13.3. The maximum Gasteiger partial charge on any atom is 0.275 e. The van der Waals surface area contributed by atoms with E-state index in [1.54, 1.807) is 12.1 Å². The Morgan fingerprint density at radius 3 is 2.41 bits per heavy atom. The quantitative estimate of drug-likeness (QED) is 0.178. The molecule has 34 heavy (non-hydrogen) atoms. The van der Waals surface area contributed by atoms with Gasteiger partial charge in [-0.05, 0) is 74.2 Å². The molecule has 5 nitrogen and oxygen atoms in total. The second-order valence-corrected chi connectivity index (χ2v) is 9.50. The van der Waals surface area contributed by atoms with Crippen LogP contribution in [0.3, 0.4) is 0 Å². The summed E-state index contributed by atoms with van der Waals surface area (Å²) in [6, 6.07) is 22.8. The molecule has 0 atom stereocenters. The van der Waals surface area contributed by atoms with Crippen LogP contribution in [0, 0.1) is 0 Å². The van der Waals surface area contributed by atoms with Crippen molar-refractivity contribution < 1.29 is 14.3 Å². The van der Waals surface area contributed by atoms with Gasteiger partial charge in [-0.2, -0.15) is 5.10 Å². The van der Waals surface area contributed by atoms with E-state index in [9.17, 15) is 4.79 Å². The molecular weight excluding hydrogens is 584 g/mol. The van der Waals surface area contributed by atoms with Crippen molar-refractivity contribution in [2.24, 2.45) is 5.10 Å². The molecule has 0 aliphatic carbocycles. The third kappa shape index (κ3) is 5.78. The Hall–Kier alpha value is -2.87. The smallest absolute Gasteiger partial charge is 0.275 e. The Morgan fingerprint density at radius 1 is 1.03 bits per heavy atom.